The number of rotatable bonds is 2. The molecule has 0 aliphatic carbocycles. The van der Waals surface area contributed by atoms with Crippen molar-refractivity contribution in [1.29, 1.82) is 5.26 Å². The van der Waals surface area contributed by atoms with Crippen molar-refractivity contribution < 1.29 is 27.8 Å². The Hall–Kier alpha value is -2.27. The molecule has 1 fully saturated rings. The number of halogens is 3. The summed E-state index contributed by atoms with van der Waals surface area (Å²) in [4.78, 5) is 12.4. The summed E-state index contributed by atoms with van der Waals surface area (Å²) in [6.07, 6.45) is -5.59. The molecular formula is C13H11F3N2O3. The first-order valence-electron chi connectivity index (χ1n) is 6.03. The first kappa shape index (κ1) is 15.1. The molecule has 0 amide bonds. The van der Waals surface area contributed by atoms with Crippen LogP contribution in [-0.2, 0) is 15.7 Å². The minimum atomic E-state index is -4.53. The Morgan fingerprint density at radius 1 is 1.48 bits per heavy atom. The van der Waals surface area contributed by atoms with Gasteiger partial charge in [0.25, 0.3) is 0 Å². The van der Waals surface area contributed by atoms with Crippen molar-refractivity contribution in [2.75, 3.05) is 24.6 Å². The van der Waals surface area contributed by atoms with E-state index in [0.717, 1.165) is 12.1 Å². The van der Waals surface area contributed by atoms with Crippen LogP contribution in [0, 0.1) is 11.3 Å². The van der Waals surface area contributed by atoms with Gasteiger partial charge in [-0.25, -0.2) is 4.79 Å². The number of carbonyl (C=O) groups is 1. The minimum absolute atomic E-state index is 0.0185. The quantitative estimate of drug-likeness (QED) is 0.902. The Morgan fingerprint density at radius 2 is 2.19 bits per heavy atom. The summed E-state index contributed by atoms with van der Waals surface area (Å²) in [7, 11) is 0. The van der Waals surface area contributed by atoms with E-state index >= 15 is 0 Å². The fraction of sp³-hybridized carbons (Fsp3) is 0.385. The van der Waals surface area contributed by atoms with Crippen molar-refractivity contribution in [3.05, 3.63) is 29.3 Å². The van der Waals surface area contributed by atoms with Gasteiger partial charge in [-0.3, -0.25) is 0 Å². The second kappa shape index (κ2) is 5.61. The third-order valence-corrected chi connectivity index (χ3v) is 3.13. The molecule has 0 aromatic heterocycles. The summed E-state index contributed by atoms with van der Waals surface area (Å²) in [5.41, 5.74) is -0.776. The molecule has 21 heavy (non-hydrogen) atoms. The van der Waals surface area contributed by atoms with Crippen LogP contribution in [0.15, 0.2) is 18.2 Å². The van der Waals surface area contributed by atoms with Crippen molar-refractivity contribution in [3.8, 4) is 6.07 Å². The molecule has 1 atom stereocenters. The number of hydrogen-bond donors (Lipinski definition) is 1. The maximum atomic E-state index is 12.6. The zero-order chi connectivity index (χ0) is 15.6. The number of alkyl halides is 3. The summed E-state index contributed by atoms with van der Waals surface area (Å²) >= 11 is 0. The smallest absolute Gasteiger partial charge is 0.416 e. The van der Waals surface area contributed by atoms with Crippen LogP contribution in [0.25, 0.3) is 0 Å². The van der Waals surface area contributed by atoms with Crippen molar-refractivity contribution in [3.63, 3.8) is 0 Å². The Kier molecular flexibility index (Phi) is 4.04. The molecular weight excluding hydrogens is 289 g/mol. The van der Waals surface area contributed by atoms with Crippen LogP contribution in [0.5, 0.6) is 0 Å². The largest absolute Gasteiger partial charge is 0.479 e. The number of nitrogens with zero attached hydrogens (tertiary/aromatic N) is 2. The van der Waals surface area contributed by atoms with Crippen LogP contribution in [0.4, 0.5) is 18.9 Å². The summed E-state index contributed by atoms with van der Waals surface area (Å²) in [5, 5.41) is 17.9. The molecule has 1 saturated heterocycles. The standard InChI is InChI=1S/C13H11F3N2O3/c14-13(15,16)9-1-2-10(8(5-9)6-17)18-3-4-21-11(7-18)12(19)20/h1-2,5,11H,3-4,7H2,(H,19,20). The lowest BCUT2D eigenvalue weighted by molar-refractivity contribution is -0.150. The SMILES string of the molecule is N#Cc1cc(C(F)(F)F)ccc1N1CCOC(C(=O)O)C1. The molecule has 0 saturated carbocycles. The fourth-order valence-corrected chi connectivity index (χ4v) is 2.10. The molecule has 2 rings (SSSR count). The van der Waals surface area contributed by atoms with E-state index in [1.165, 1.54) is 6.07 Å². The molecule has 1 N–H and O–H groups in total. The topological polar surface area (TPSA) is 73.6 Å². The molecule has 1 aromatic rings. The number of ether oxygens (including phenoxy) is 1. The number of aliphatic carboxylic acids is 1. The highest BCUT2D eigenvalue weighted by molar-refractivity contribution is 5.74. The molecule has 1 heterocycles. The van der Waals surface area contributed by atoms with Gasteiger partial charge in [-0.15, -0.1) is 0 Å². The van der Waals surface area contributed by atoms with E-state index in [1.807, 2.05) is 0 Å². The monoisotopic (exact) mass is 300 g/mol. The van der Waals surface area contributed by atoms with E-state index in [2.05, 4.69) is 0 Å². The molecule has 0 spiro atoms. The third kappa shape index (κ3) is 3.25. The van der Waals surface area contributed by atoms with Gasteiger partial charge >= 0.3 is 12.1 Å². The second-order valence-electron chi connectivity index (χ2n) is 4.49. The lowest BCUT2D eigenvalue weighted by Crippen LogP contribution is -2.46. The predicted octanol–water partition coefficient (Wildman–Crippen LogP) is 1.87. The number of hydrogen-bond acceptors (Lipinski definition) is 4. The first-order chi connectivity index (χ1) is 9.82. The zero-order valence-corrected chi connectivity index (χ0v) is 10.7. The number of benzene rings is 1. The third-order valence-electron chi connectivity index (χ3n) is 3.13. The van der Waals surface area contributed by atoms with Crippen molar-refractivity contribution in [2.45, 2.75) is 12.3 Å². The summed E-state index contributed by atoms with van der Waals surface area (Å²) in [6.45, 7) is 0.419. The van der Waals surface area contributed by atoms with Gasteiger partial charge in [0.1, 0.15) is 6.07 Å². The Balaban J connectivity index is 2.32. The van der Waals surface area contributed by atoms with E-state index in [1.54, 1.807) is 11.0 Å². The number of carboxylic acids is 1. The summed E-state index contributed by atoms with van der Waals surface area (Å²) in [5.74, 6) is -1.15. The zero-order valence-electron chi connectivity index (χ0n) is 10.7. The molecule has 8 heteroatoms. The number of nitriles is 1. The second-order valence-corrected chi connectivity index (χ2v) is 4.49. The van der Waals surface area contributed by atoms with Crippen LogP contribution in [0.3, 0.4) is 0 Å². The van der Waals surface area contributed by atoms with Crippen molar-refractivity contribution >= 4 is 11.7 Å². The average molecular weight is 300 g/mol. The number of carboxylic acid groups (broad SMARTS) is 1. The molecule has 1 aliphatic rings. The highest BCUT2D eigenvalue weighted by atomic mass is 19.4. The van der Waals surface area contributed by atoms with Gasteiger partial charge in [0.15, 0.2) is 6.10 Å². The van der Waals surface area contributed by atoms with E-state index < -0.39 is 23.8 Å². The Labute approximate surface area is 118 Å². The van der Waals surface area contributed by atoms with Gasteiger partial charge in [-0.1, -0.05) is 0 Å². The average Bonchev–Trinajstić information content (AvgIpc) is 2.45. The molecule has 0 bridgehead atoms. The number of anilines is 1. The molecule has 1 unspecified atom stereocenters. The molecule has 0 radical (unpaired) electrons. The predicted molar refractivity (Wildman–Crippen MR) is 65.7 cm³/mol. The van der Waals surface area contributed by atoms with Crippen LogP contribution in [-0.4, -0.2) is 36.9 Å². The minimum Gasteiger partial charge on any atom is -0.479 e. The van der Waals surface area contributed by atoms with Gasteiger partial charge in [-0.05, 0) is 18.2 Å². The highest BCUT2D eigenvalue weighted by Gasteiger charge is 2.32. The molecule has 1 aromatic carbocycles. The van der Waals surface area contributed by atoms with Gasteiger partial charge < -0.3 is 14.7 Å². The van der Waals surface area contributed by atoms with E-state index in [-0.39, 0.29) is 24.4 Å². The van der Waals surface area contributed by atoms with Gasteiger partial charge in [0.2, 0.25) is 0 Å². The van der Waals surface area contributed by atoms with Crippen molar-refractivity contribution in [1.82, 2.24) is 0 Å². The summed E-state index contributed by atoms with van der Waals surface area (Å²) < 4.78 is 42.9. The lowest BCUT2D eigenvalue weighted by Gasteiger charge is -2.33. The van der Waals surface area contributed by atoms with E-state index in [9.17, 15) is 18.0 Å². The highest BCUT2D eigenvalue weighted by Crippen LogP contribution is 2.33. The van der Waals surface area contributed by atoms with Crippen LogP contribution in [0.1, 0.15) is 11.1 Å². The maximum Gasteiger partial charge on any atom is 0.416 e. The fourth-order valence-electron chi connectivity index (χ4n) is 2.10. The molecule has 1 aliphatic heterocycles. The maximum absolute atomic E-state index is 12.6. The molecule has 5 nitrogen and oxygen atoms in total. The van der Waals surface area contributed by atoms with E-state index in [4.69, 9.17) is 15.1 Å². The Morgan fingerprint density at radius 3 is 2.76 bits per heavy atom. The van der Waals surface area contributed by atoms with Crippen molar-refractivity contribution in [2.24, 2.45) is 0 Å². The van der Waals surface area contributed by atoms with Gasteiger partial charge in [-0.2, -0.15) is 18.4 Å². The first-order valence-corrected chi connectivity index (χ1v) is 6.03. The van der Waals surface area contributed by atoms with Crippen LogP contribution < -0.4 is 4.90 Å². The Bertz CT molecular complexity index is 595. The summed E-state index contributed by atoms with van der Waals surface area (Å²) in [6, 6.07) is 4.55. The van der Waals surface area contributed by atoms with Gasteiger partial charge in [0, 0.05) is 6.54 Å². The van der Waals surface area contributed by atoms with Crippen LogP contribution in [0.2, 0.25) is 0 Å². The van der Waals surface area contributed by atoms with Crippen LogP contribution >= 0.6 is 0 Å². The molecule has 112 valence electrons. The van der Waals surface area contributed by atoms with Gasteiger partial charge in [0.05, 0.1) is 30.0 Å². The number of morpholine rings is 1. The normalized spacial score (nSPS) is 19.1. The van der Waals surface area contributed by atoms with E-state index in [0.29, 0.717) is 6.54 Å². The lowest BCUT2D eigenvalue weighted by atomic mass is 10.1.